The number of hydrogen-bond acceptors (Lipinski definition) is 8. The number of pyridine rings is 1. The minimum Gasteiger partial charge on any atom is -0.324 e. The second-order valence-electron chi connectivity index (χ2n) is 7.16. The molecule has 4 heterocycles. The first kappa shape index (κ1) is 18.7. The van der Waals surface area contributed by atoms with Gasteiger partial charge in [0.15, 0.2) is 5.82 Å². The number of anilines is 2. The van der Waals surface area contributed by atoms with Gasteiger partial charge in [-0.2, -0.15) is 9.50 Å². The van der Waals surface area contributed by atoms with Gasteiger partial charge in [0.2, 0.25) is 5.95 Å². The molecule has 0 fully saturated rings. The van der Waals surface area contributed by atoms with Gasteiger partial charge in [-0.15, -0.1) is 15.3 Å². The quantitative estimate of drug-likeness (QED) is 0.479. The minimum absolute atomic E-state index is 0.427. The van der Waals surface area contributed by atoms with E-state index in [0.29, 0.717) is 28.9 Å². The van der Waals surface area contributed by atoms with Crippen molar-refractivity contribution >= 4 is 17.4 Å². The Bertz CT molecular complexity index is 1390. The summed E-state index contributed by atoms with van der Waals surface area (Å²) in [7, 11) is 0. The van der Waals surface area contributed by atoms with Crippen LogP contribution in [0.15, 0.2) is 55.0 Å². The van der Waals surface area contributed by atoms with Crippen molar-refractivity contribution < 1.29 is 0 Å². The summed E-state index contributed by atoms with van der Waals surface area (Å²) >= 11 is 0. The van der Waals surface area contributed by atoms with Crippen molar-refractivity contribution in [1.29, 1.82) is 0 Å². The molecule has 0 aliphatic heterocycles. The van der Waals surface area contributed by atoms with Gasteiger partial charge in [0, 0.05) is 29.8 Å². The van der Waals surface area contributed by atoms with Gasteiger partial charge in [0.1, 0.15) is 5.69 Å². The summed E-state index contributed by atoms with van der Waals surface area (Å²) in [5.74, 6) is 1.48. The standard InChI is InChI=1S/C22H19N9/c1-13-5-4-6-17(14(13)2)25-21-24-12-9-18(26-21)19-15(3)31-22(29-28-19)27-20(30-31)16-7-10-23-11-8-16/h4-12H,1-3H3,(H,24,25,26). The summed E-state index contributed by atoms with van der Waals surface area (Å²) in [5.41, 5.74) is 6.23. The molecule has 9 heteroatoms. The molecule has 0 atom stereocenters. The predicted octanol–water partition coefficient (Wildman–Crippen LogP) is 3.71. The van der Waals surface area contributed by atoms with Crippen molar-refractivity contribution in [2.75, 3.05) is 5.32 Å². The molecular weight excluding hydrogens is 390 g/mol. The van der Waals surface area contributed by atoms with Gasteiger partial charge in [0.05, 0.1) is 11.4 Å². The number of aromatic nitrogens is 8. The van der Waals surface area contributed by atoms with Crippen LogP contribution in [0.5, 0.6) is 0 Å². The highest BCUT2D eigenvalue weighted by atomic mass is 15.4. The molecule has 4 aromatic heterocycles. The zero-order chi connectivity index (χ0) is 21.4. The van der Waals surface area contributed by atoms with Gasteiger partial charge < -0.3 is 5.32 Å². The van der Waals surface area contributed by atoms with Crippen LogP contribution in [0.25, 0.3) is 28.6 Å². The van der Waals surface area contributed by atoms with Gasteiger partial charge in [0.25, 0.3) is 5.78 Å². The number of aryl methyl sites for hydroxylation is 2. The SMILES string of the molecule is Cc1cccc(Nc2nccc(-c3nnc4nc(-c5ccncc5)nn4c3C)n2)c1C. The molecule has 0 amide bonds. The van der Waals surface area contributed by atoms with E-state index in [-0.39, 0.29) is 0 Å². The van der Waals surface area contributed by atoms with Crippen LogP contribution in [0.4, 0.5) is 11.6 Å². The average Bonchev–Trinajstić information content (AvgIpc) is 3.23. The Morgan fingerprint density at radius 3 is 2.55 bits per heavy atom. The summed E-state index contributed by atoms with van der Waals surface area (Å²) in [5, 5.41) is 16.5. The van der Waals surface area contributed by atoms with Crippen LogP contribution in [-0.4, -0.2) is 39.7 Å². The summed E-state index contributed by atoms with van der Waals surface area (Å²) in [6.45, 7) is 6.06. The highest BCUT2D eigenvalue weighted by Crippen LogP contribution is 2.24. The molecule has 0 radical (unpaired) electrons. The largest absolute Gasteiger partial charge is 0.324 e. The molecule has 0 saturated carbocycles. The lowest BCUT2D eigenvalue weighted by molar-refractivity contribution is 0.851. The van der Waals surface area contributed by atoms with Gasteiger partial charge >= 0.3 is 0 Å². The molecule has 0 saturated heterocycles. The first-order valence-electron chi connectivity index (χ1n) is 9.77. The number of hydrogen-bond donors (Lipinski definition) is 1. The monoisotopic (exact) mass is 409 g/mol. The van der Waals surface area contributed by atoms with E-state index < -0.39 is 0 Å². The van der Waals surface area contributed by atoms with E-state index in [9.17, 15) is 0 Å². The fourth-order valence-corrected chi connectivity index (χ4v) is 3.28. The fourth-order valence-electron chi connectivity index (χ4n) is 3.28. The van der Waals surface area contributed by atoms with Crippen LogP contribution < -0.4 is 5.32 Å². The minimum atomic E-state index is 0.427. The molecule has 152 valence electrons. The summed E-state index contributed by atoms with van der Waals surface area (Å²) in [6.07, 6.45) is 5.11. The normalized spacial score (nSPS) is 11.1. The predicted molar refractivity (Wildman–Crippen MR) is 117 cm³/mol. The lowest BCUT2D eigenvalue weighted by Gasteiger charge is -2.11. The molecule has 1 aromatic carbocycles. The fraction of sp³-hybridized carbons (Fsp3) is 0.136. The number of fused-ring (bicyclic) bond motifs is 1. The van der Waals surface area contributed by atoms with Gasteiger partial charge in [-0.3, -0.25) is 4.98 Å². The van der Waals surface area contributed by atoms with Gasteiger partial charge in [-0.25, -0.2) is 9.97 Å². The maximum atomic E-state index is 4.65. The second kappa shape index (κ2) is 7.52. The van der Waals surface area contributed by atoms with Crippen LogP contribution >= 0.6 is 0 Å². The lowest BCUT2D eigenvalue weighted by atomic mass is 10.1. The Balaban J connectivity index is 1.53. The third-order valence-electron chi connectivity index (χ3n) is 5.18. The van der Waals surface area contributed by atoms with E-state index in [4.69, 9.17) is 0 Å². The molecule has 0 bridgehead atoms. The summed E-state index contributed by atoms with van der Waals surface area (Å²) < 4.78 is 1.68. The first-order chi connectivity index (χ1) is 15.1. The lowest BCUT2D eigenvalue weighted by Crippen LogP contribution is -2.05. The van der Waals surface area contributed by atoms with Crippen molar-refractivity contribution in [3.63, 3.8) is 0 Å². The third kappa shape index (κ3) is 3.46. The summed E-state index contributed by atoms with van der Waals surface area (Å²) in [4.78, 5) is 17.5. The van der Waals surface area contributed by atoms with E-state index >= 15 is 0 Å². The zero-order valence-corrected chi connectivity index (χ0v) is 17.3. The van der Waals surface area contributed by atoms with Gasteiger partial charge in [-0.1, -0.05) is 12.1 Å². The molecule has 9 nitrogen and oxygen atoms in total. The number of rotatable bonds is 4. The number of nitrogens with zero attached hydrogens (tertiary/aromatic N) is 8. The molecule has 0 aliphatic rings. The third-order valence-corrected chi connectivity index (χ3v) is 5.18. The molecule has 1 N–H and O–H groups in total. The van der Waals surface area contributed by atoms with Crippen molar-refractivity contribution in [3.8, 4) is 22.8 Å². The molecule has 5 aromatic rings. The van der Waals surface area contributed by atoms with Crippen molar-refractivity contribution in [2.24, 2.45) is 0 Å². The second-order valence-corrected chi connectivity index (χ2v) is 7.16. The highest BCUT2D eigenvalue weighted by molar-refractivity contribution is 5.64. The van der Waals surface area contributed by atoms with E-state index in [1.54, 1.807) is 29.2 Å². The first-order valence-corrected chi connectivity index (χ1v) is 9.77. The maximum Gasteiger partial charge on any atom is 0.272 e. The molecule has 5 rings (SSSR count). The van der Waals surface area contributed by atoms with Crippen molar-refractivity contribution in [2.45, 2.75) is 20.8 Å². The Hall–Kier alpha value is -4.27. The van der Waals surface area contributed by atoms with Crippen LogP contribution in [-0.2, 0) is 0 Å². The Kier molecular flexibility index (Phi) is 4.55. The van der Waals surface area contributed by atoms with Crippen LogP contribution in [0.1, 0.15) is 16.8 Å². The van der Waals surface area contributed by atoms with Crippen molar-refractivity contribution in [1.82, 2.24) is 39.7 Å². The van der Waals surface area contributed by atoms with Crippen LogP contribution in [0.2, 0.25) is 0 Å². The molecule has 0 unspecified atom stereocenters. The highest BCUT2D eigenvalue weighted by Gasteiger charge is 2.15. The van der Waals surface area contributed by atoms with Gasteiger partial charge in [-0.05, 0) is 56.2 Å². The Labute approximate surface area is 178 Å². The van der Waals surface area contributed by atoms with Crippen LogP contribution in [0.3, 0.4) is 0 Å². The molecule has 0 aliphatic carbocycles. The smallest absolute Gasteiger partial charge is 0.272 e. The zero-order valence-electron chi connectivity index (χ0n) is 17.3. The molecular formula is C22H19N9. The average molecular weight is 409 g/mol. The van der Waals surface area contributed by atoms with E-state index in [1.807, 2.05) is 31.2 Å². The topological polar surface area (TPSA) is 107 Å². The number of nitrogens with one attached hydrogen (secondary N) is 1. The Morgan fingerprint density at radius 2 is 1.71 bits per heavy atom. The Morgan fingerprint density at radius 1 is 0.871 bits per heavy atom. The number of benzene rings is 1. The maximum absolute atomic E-state index is 4.65. The van der Waals surface area contributed by atoms with Crippen LogP contribution in [0, 0.1) is 20.8 Å². The summed E-state index contributed by atoms with van der Waals surface area (Å²) in [6, 6.07) is 11.6. The van der Waals surface area contributed by atoms with Crippen molar-refractivity contribution in [3.05, 3.63) is 71.8 Å². The molecule has 31 heavy (non-hydrogen) atoms. The van der Waals surface area contributed by atoms with E-state index in [1.165, 1.54) is 5.56 Å². The van der Waals surface area contributed by atoms with E-state index in [0.717, 1.165) is 22.5 Å². The van der Waals surface area contributed by atoms with E-state index in [2.05, 4.69) is 60.5 Å². The molecule has 0 spiro atoms.